The van der Waals surface area contributed by atoms with Crippen LogP contribution in [-0.2, 0) is 41.7 Å². The van der Waals surface area contributed by atoms with Gasteiger partial charge in [-0.15, -0.1) is 0 Å². The van der Waals surface area contributed by atoms with Crippen LogP contribution in [0.15, 0.2) is 107 Å². The number of sulfone groups is 1. The van der Waals surface area contributed by atoms with E-state index in [1.807, 2.05) is 38.1 Å². The predicted octanol–water partition coefficient (Wildman–Crippen LogP) is 5.74. The molecule has 0 fully saturated rings. The first kappa shape index (κ1) is 30.2. The number of nitrogens with zero attached hydrogens (tertiary/aromatic N) is 1. The van der Waals surface area contributed by atoms with Gasteiger partial charge in [0.1, 0.15) is 6.04 Å². The Hall–Kier alpha value is -3.79. The Balaban J connectivity index is 1.90. The predicted molar refractivity (Wildman–Crippen MR) is 161 cm³/mol. The maximum absolute atomic E-state index is 14.1. The molecule has 0 aliphatic carbocycles. The van der Waals surface area contributed by atoms with E-state index in [0.29, 0.717) is 11.1 Å². The molecule has 0 bridgehead atoms. The molecule has 7 nitrogen and oxygen atoms in total. The molecule has 4 aromatic carbocycles. The topological polar surface area (TPSA) is 97.8 Å². The van der Waals surface area contributed by atoms with Crippen molar-refractivity contribution in [3.8, 4) is 0 Å². The van der Waals surface area contributed by atoms with E-state index in [9.17, 15) is 21.6 Å². The maximum Gasteiger partial charge on any atom is 0.328 e. The highest BCUT2D eigenvalue weighted by Gasteiger charge is 2.38. The van der Waals surface area contributed by atoms with Gasteiger partial charge in [-0.05, 0) is 79.1 Å². The molecule has 0 N–H and O–H groups in total. The number of aryl methyl sites for hydroxylation is 2. The molecule has 4 rings (SSSR count). The second kappa shape index (κ2) is 12.0. The van der Waals surface area contributed by atoms with E-state index in [-0.39, 0.29) is 27.7 Å². The summed E-state index contributed by atoms with van der Waals surface area (Å²) in [6.45, 7) is 8.87. The fraction of sp³-hybridized carbons (Fsp3) is 0.219. The van der Waals surface area contributed by atoms with E-state index in [2.05, 4.69) is 6.58 Å². The molecule has 1 atom stereocenters. The molecule has 4 aromatic rings. The van der Waals surface area contributed by atoms with Crippen molar-refractivity contribution in [1.29, 1.82) is 0 Å². The molecular formula is C32H33NO6S2. The maximum atomic E-state index is 14.1. The van der Waals surface area contributed by atoms with Crippen LogP contribution < -0.4 is 0 Å². The average molecular weight is 592 g/mol. The van der Waals surface area contributed by atoms with Gasteiger partial charge in [0.25, 0.3) is 0 Å². The Morgan fingerprint density at radius 2 is 1.29 bits per heavy atom. The lowest BCUT2D eigenvalue weighted by Crippen LogP contribution is -2.45. The Labute approximate surface area is 242 Å². The van der Waals surface area contributed by atoms with Crippen molar-refractivity contribution in [1.82, 2.24) is 4.31 Å². The van der Waals surface area contributed by atoms with E-state index in [0.717, 1.165) is 26.2 Å². The molecule has 0 unspecified atom stereocenters. The van der Waals surface area contributed by atoms with E-state index in [4.69, 9.17) is 4.74 Å². The molecule has 0 heterocycles. The SMILES string of the molecule is C=C(C)[C@@H](C(=O)OC)N(Cc1cc2ccccc2cc1CS(=O)(=O)c1ccc(C)cc1)S(=O)(=O)c1ccc(C)cc1. The number of carbonyl (C=O) groups is 1. The summed E-state index contributed by atoms with van der Waals surface area (Å²) in [5.74, 6) is -1.15. The molecule has 0 aliphatic rings. The van der Waals surface area contributed by atoms with Crippen LogP contribution in [0.25, 0.3) is 10.8 Å². The van der Waals surface area contributed by atoms with Gasteiger partial charge in [0.05, 0.1) is 22.7 Å². The van der Waals surface area contributed by atoms with Gasteiger partial charge in [-0.25, -0.2) is 21.6 Å². The van der Waals surface area contributed by atoms with Gasteiger partial charge in [0.2, 0.25) is 10.0 Å². The van der Waals surface area contributed by atoms with Gasteiger partial charge in [-0.1, -0.05) is 71.8 Å². The largest absolute Gasteiger partial charge is 0.468 e. The number of hydrogen-bond donors (Lipinski definition) is 0. The highest BCUT2D eigenvalue weighted by Crippen LogP contribution is 2.30. The van der Waals surface area contributed by atoms with E-state index < -0.39 is 31.9 Å². The second-order valence-corrected chi connectivity index (χ2v) is 14.1. The van der Waals surface area contributed by atoms with Gasteiger partial charge >= 0.3 is 5.97 Å². The average Bonchev–Trinajstić information content (AvgIpc) is 2.92. The minimum atomic E-state index is -4.26. The summed E-state index contributed by atoms with van der Waals surface area (Å²) in [4.78, 5) is 13.1. The lowest BCUT2D eigenvalue weighted by molar-refractivity contribution is -0.144. The van der Waals surface area contributed by atoms with Crippen LogP contribution in [-0.4, -0.2) is 40.3 Å². The summed E-state index contributed by atoms with van der Waals surface area (Å²) in [5.41, 5.74) is 2.95. The molecule has 0 saturated carbocycles. The smallest absolute Gasteiger partial charge is 0.328 e. The van der Waals surface area contributed by atoms with Crippen molar-refractivity contribution >= 4 is 36.6 Å². The summed E-state index contributed by atoms with van der Waals surface area (Å²) in [5, 5.41) is 1.61. The quantitative estimate of drug-likeness (QED) is 0.172. The summed E-state index contributed by atoms with van der Waals surface area (Å²) < 4.78 is 61.2. The first-order valence-electron chi connectivity index (χ1n) is 12.9. The Morgan fingerprint density at radius 1 is 0.805 bits per heavy atom. The van der Waals surface area contributed by atoms with Gasteiger partial charge < -0.3 is 4.74 Å². The first-order valence-corrected chi connectivity index (χ1v) is 16.0. The zero-order chi connectivity index (χ0) is 29.9. The number of methoxy groups -OCH3 is 1. The lowest BCUT2D eigenvalue weighted by atomic mass is 10.0. The van der Waals surface area contributed by atoms with Crippen molar-refractivity contribution in [2.45, 2.75) is 48.9 Å². The molecule has 0 saturated heterocycles. The zero-order valence-corrected chi connectivity index (χ0v) is 25.1. The fourth-order valence-corrected chi connectivity index (χ4v) is 7.65. The van der Waals surface area contributed by atoms with Gasteiger partial charge in [-0.2, -0.15) is 4.31 Å². The third kappa shape index (κ3) is 6.59. The lowest BCUT2D eigenvalue weighted by Gasteiger charge is -2.30. The zero-order valence-electron chi connectivity index (χ0n) is 23.5. The third-order valence-corrected chi connectivity index (χ3v) is 10.4. The van der Waals surface area contributed by atoms with Gasteiger partial charge in [0.15, 0.2) is 9.84 Å². The molecule has 0 amide bonds. The summed E-state index contributed by atoms with van der Waals surface area (Å²) in [7, 11) is -6.86. The van der Waals surface area contributed by atoms with Gasteiger partial charge in [0, 0.05) is 6.54 Å². The Morgan fingerprint density at radius 3 is 1.78 bits per heavy atom. The van der Waals surface area contributed by atoms with Crippen LogP contribution in [0.2, 0.25) is 0 Å². The Bertz CT molecular complexity index is 1810. The highest BCUT2D eigenvalue weighted by molar-refractivity contribution is 7.90. The molecule has 41 heavy (non-hydrogen) atoms. The standard InChI is InChI=1S/C32H33NO6S2/c1-22(2)31(32(34)39-5)33(41(37,38)30-16-12-24(4)13-17-30)20-27-18-25-8-6-7-9-26(25)19-28(27)21-40(35,36)29-14-10-23(3)11-15-29/h6-19,31H,1,20-21H2,2-5H3/t31-/m0/s1. The van der Waals surface area contributed by atoms with Gasteiger partial charge in [-0.3, -0.25) is 0 Å². The highest BCUT2D eigenvalue weighted by atomic mass is 32.2. The van der Waals surface area contributed by atoms with Crippen molar-refractivity contribution < 1.29 is 26.4 Å². The van der Waals surface area contributed by atoms with Crippen LogP contribution >= 0.6 is 0 Å². The van der Waals surface area contributed by atoms with Crippen LogP contribution in [0.5, 0.6) is 0 Å². The number of fused-ring (bicyclic) bond motifs is 1. The molecule has 0 spiro atoms. The first-order chi connectivity index (χ1) is 19.3. The monoisotopic (exact) mass is 591 g/mol. The summed E-state index contributed by atoms with van der Waals surface area (Å²) in [6, 6.07) is 22.5. The normalized spacial score (nSPS) is 12.8. The second-order valence-electron chi connectivity index (χ2n) is 10.2. The van der Waals surface area contributed by atoms with Crippen molar-refractivity contribution in [3.05, 3.63) is 119 Å². The minimum absolute atomic E-state index is 0.00660. The molecular weight excluding hydrogens is 558 g/mol. The minimum Gasteiger partial charge on any atom is -0.468 e. The van der Waals surface area contributed by atoms with Crippen molar-refractivity contribution in [2.24, 2.45) is 0 Å². The molecule has 214 valence electrons. The number of hydrogen-bond acceptors (Lipinski definition) is 6. The third-order valence-electron chi connectivity index (χ3n) is 6.93. The van der Waals surface area contributed by atoms with E-state index >= 15 is 0 Å². The molecule has 0 aliphatic heterocycles. The number of ether oxygens (including phenoxy) is 1. The van der Waals surface area contributed by atoms with E-state index in [1.54, 1.807) is 55.5 Å². The number of esters is 1. The number of carbonyl (C=O) groups excluding carboxylic acids is 1. The van der Waals surface area contributed by atoms with Crippen LogP contribution in [0.3, 0.4) is 0 Å². The van der Waals surface area contributed by atoms with E-state index in [1.165, 1.54) is 19.2 Å². The summed E-state index contributed by atoms with van der Waals surface area (Å²) >= 11 is 0. The van der Waals surface area contributed by atoms with Crippen LogP contribution in [0, 0.1) is 13.8 Å². The molecule has 0 radical (unpaired) electrons. The number of sulfonamides is 1. The number of benzene rings is 4. The van der Waals surface area contributed by atoms with Crippen LogP contribution in [0.1, 0.15) is 29.2 Å². The van der Waals surface area contributed by atoms with Crippen molar-refractivity contribution in [3.63, 3.8) is 0 Å². The van der Waals surface area contributed by atoms with Crippen LogP contribution in [0.4, 0.5) is 0 Å². The Kier molecular flexibility index (Phi) is 8.82. The number of rotatable bonds is 10. The van der Waals surface area contributed by atoms with Crippen molar-refractivity contribution in [2.75, 3.05) is 7.11 Å². The molecule has 0 aromatic heterocycles. The fourth-order valence-electron chi connectivity index (χ4n) is 4.65. The summed E-state index contributed by atoms with van der Waals surface area (Å²) in [6.07, 6.45) is 0. The molecule has 9 heteroatoms.